The molecule has 1 heterocycles. The molecule has 0 spiro atoms. The van der Waals surface area contributed by atoms with Crippen LogP contribution in [0.25, 0.3) is 0 Å². The molecule has 4 nitrogen and oxygen atoms in total. The summed E-state index contributed by atoms with van der Waals surface area (Å²) < 4.78 is 24.9. The highest BCUT2D eigenvalue weighted by atomic mass is 32.2. The molecule has 0 aliphatic carbocycles. The normalized spacial score (nSPS) is 15.3. The number of aromatic nitrogens is 2. The van der Waals surface area contributed by atoms with Crippen LogP contribution in [0.2, 0.25) is 0 Å². The predicted molar refractivity (Wildman–Crippen MR) is 62.8 cm³/mol. The summed E-state index contributed by atoms with van der Waals surface area (Å²) in [7, 11) is 0. The summed E-state index contributed by atoms with van der Waals surface area (Å²) in [6.45, 7) is 7.84. The molecule has 1 rings (SSSR count). The summed E-state index contributed by atoms with van der Waals surface area (Å²) in [5, 5.41) is 0. The van der Waals surface area contributed by atoms with Crippen molar-refractivity contribution in [1.29, 1.82) is 0 Å². The fraction of sp³-hybridized carbons (Fsp3) is 0.700. The lowest BCUT2D eigenvalue weighted by atomic mass is 10.2. The molecule has 2 unspecified atom stereocenters. The van der Waals surface area contributed by atoms with Crippen molar-refractivity contribution in [2.45, 2.75) is 33.2 Å². The van der Waals surface area contributed by atoms with Crippen LogP contribution in [0.1, 0.15) is 39.1 Å². The molecule has 0 saturated heterocycles. The molecular weight excluding hydrogens is 229 g/mol. The average Bonchev–Trinajstić information content (AvgIpc) is 2.74. The van der Waals surface area contributed by atoms with Gasteiger partial charge in [-0.05, 0) is 19.5 Å². The molecule has 92 valence electrons. The lowest BCUT2D eigenvalue weighted by Gasteiger charge is -2.27. The van der Waals surface area contributed by atoms with Gasteiger partial charge in [0.25, 0.3) is 0 Å². The first-order valence-electron chi connectivity index (χ1n) is 5.51. The zero-order valence-corrected chi connectivity index (χ0v) is 10.7. The highest BCUT2D eigenvalue weighted by molar-refractivity contribution is 7.78. The van der Waals surface area contributed by atoms with Gasteiger partial charge in [-0.25, -0.2) is 8.96 Å². The molecule has 16 heavy (non-hydrogen) atoms. The molecule has 0 radical (unpaired) electrons. The molecule has 0 bridgehead atoms. The first-order chi connectivity index (χ1) is 7.65. The van der Waals surface area contributed by atoms with Crippen LogP contribution in [0.15, 0.2) is 12.4 Å². The van der Waals surface area contributed by atoms with Crippen molar-refractivity contribution in [3.05, 3.63) is 18.2 Å². The van der Waals surface area contributed by atoms with Crippen molar-refractivity contribution in [3.8, 4) is 0 Å². The number of imidazole rings is 1. The van der Waals surface area contributed by atoms with E-state index in [9.17, 15) is 8.09 Å². The van der Waals surface area contributed by atoms with Gasteiger partial charge in [-0.3, -0.25) is 4.90 Å². The number of hydrogen-bond acceptors (Lipinski definition) is 3. The van der Waals surface area contributed by atoms with Gasteiger partial charge in [0.1, 0.15) is 5.82 Å². The van der Waals surface area contributed by atoms with E-state index in [4.69, 9.17) is 0 Å². The Bertz CT molecular complexity index is 352. The molecule has 0 aromatic carbocycles. The van der Waals surface area contributed by atoms with Gasteiger partial charge < -0.3 is 0 Å². The molecule has 0 saturated carbocycles. The lowest BCUT2D eigenvalue weighted by molar-refractivity contribution is 0.204. The van der Waals surface area contributed by atoms with Gasteiger partial charge in [-0.1, -0.05) is 20.8 Å². The van der Waals surface area contributed by atoms with Gasteiger partial charge in [-0.15, -0.1) is 3.89 Å². The zero-order chi connectivity index (χ0) is 12.1. The van der Waals surface area contributed by atoms with Crippen molar-refractivity contribution >= 4 is 11.4 Å². The molecule has 1 aromatic rings. The maximum absolute atomic E-state index is 12.9. The zero-order valence-electron chi connectivity index (χ0n) is 9.89. The van der Waals surface area contributed by atoms with E-state index in [1.165, 1.54) is 12.4 Å². The molecule has 0 N–H and O–H groups in total. The third-order valence-electron chi connectivity index (χ3n) is 2.73. The van der Waals surface area contributed by atoms with Crippen LogP contribution >= 0.6 is 0 Å². The van der Waals surface area contributed by atoms with E-state index in [1.54, 1.807) is 0 Å². The van der Waals surface area contributed by atoms with Crippen LogP contribution in [-0.4, -0.2) is 31.2 Å². The van der Waals surface area contributed by atoms with Gasteiger partial charge >= 0.3 is 11.4 Å². The van der Waals surface area contributed by atoms with E-state index in [-0.39, 0.29) is 6.04 Å². The Morgan fingerprint density at radius 2 is 2.12 bits per heavy atom. The topological polar surface area (TPSA) is 38.1 Å². The van der Waals surface area contributed by atoms with Crippen molar-refractivity contribution in [1.82, 2.24) is 13.9 Å². The Hall–Kier alpha value is -0.750. The highest BCUT2D eigenvalue weighted by Gasteiger charge is 2.22. The number of nitrogens with zero attached hydrogens (tertiary/aromatic N) is 3. The van der Waals surface area contributed by atoms with Gasteiger partial charge in [0, 0.05) is 12.4 Å². The first kappa shape index (κ1) is 13.3. The summed E-state index contributed by atoms with van der Waals surface area (Å²) in [5.74, 6) is 0.534. The molecule has 0 amide bonds. The Kier molecular flexibility index (Phi) is 5.08. The molecule has 1 aromatic heterocycles. The fourth-order valence-corrected chi connectivity index (χ4v) is 2.39. The summed E-state index contributed by atoms with van der Waals surface area (Å²) in [5.41, 5.74) is 0. The number of halogens is 1. The van der Waals surface area contributed by atoms with Gasteiger partial charge in [-0.2, -0.15) is 4.21 Å². The maximum atomic E-state index is 12.9. The second-order valence-corrected chi connectivity index (χ2v) is 4.27. The largest absolute Gasteiger partial charge is 0.309 e. The summed E-state index contributed by atoms with van der Waals surface area (Å²) in [4.78, 5) is 6.29. The Morgan fingerprint density at radius 1 is 1.50 bits per heavy atom. The fourth-order valence-electron chi connectivity index (χ4n) is 1.93. The number of rotatable bonds is 6. The van der Waals surface area contributed by atoms with E-state index < -0.39 is 11.4 Å². The second-order valence-electron chi connectivity index (χ2n) is 3.46. The highest BCUT2D eigenvalue weighted by Crippen LogP contribution is 2.22. The van der Waals surface area contributed by atoms with Crippen LogP contribution in [0.4, 0.5) is 3.89 Å². The van der Waals surface area contributed by atoms with Gasteiger partial charge in [0.05, 0.1) is 6.04 Å². The van der Waals surface area contributed by atoms with Gasteiger partial charge in [0.15, 0.2) is 0 Å². The Balaban J connectivity index is 3.03. The third-order valence-corrected chi connectivity index (χ3v) is 3.35. The second kappa shape index (κ2) is 6.10. The minimum absolute atomic E-state index is 0.0182. The summed E-state index contributed by atoms with van der Waals surface area (Å²) in [6.07, 6.45) is 3.71. The lowest BCUT2D eigenvalue weighted by Crippen LogP contribution is -2.30. The van der Waals surface area contributed by atoms with E-state index >= 15 is 0 Å². The quantitative estimate of drug-likeness (QED) is 0.722. The maximum Gasteiger partial charge on any atom is 0.309 e. The first-order valence-corrected chi connectivity index (χ1v) is 6.52. The van der Waals surface area contributed by atoms with Crippen molar-refractivity contribution < 1.29 is 8.09 Å². The number of hydrogen-bond donors (Lipinski definition) is 0. The van der Waals surface area contributed by atoms with Crippen LogP contribution in [0, 0.1) is 0 Å². The van der Waals surface area contributed by atoms with Crippen LogP contribution < -0.4 is 0 Å². The van der Waals surface area contributed by atoms with Crippen LogP contribution in [0.3, 0.4) is 0 Å². The van der Waals surface area contributed by atoms with Crippen molar-refractivity contribution in [2.24, 2.45) is 0 Å². The smallest absolute Gasteiger partial charge is 0.294 e. The van der Waals surface area contributed by atoms with E-state index in [0.717, 1.165) is 23.5 Å². The van der Waals surface area contributed by atoms with Crippen molar-refractivity contribution in [3.63, 3.8) is 0 Å². The van der Waals surface area contributed by atoms with Gasteiger partial charge in [0.2, 0.25) is 0 Å². The van der Waals surface area contributed by atoms with Crippen molar-refractivity contribution in [2.75, 3.05) is 13.1 Å². The molecule has 2 atom stereocenters. The summed E-state index contributed by atoms with van der Waals surface area (Å²) >= 11 is -2.52. The molecule has 0 aliphatic rings. The molecule has 0 fully saturated rings. The minimum atomic E-state index is -2.52. The minimum Gasteiger partial charge on any atom is -0.294 e. The summed E-state index contributed by atoms with van der Waals surface area (Å²) in [6, 6.07) is 0.0182. The monoisotopic (exact) mass is 247 g/mol. The Morgan fingerprint density at radius 3 is 2.56 bits per heavy atom. The van der Waals surface area contributed by atoms with E-state index in [2.05, 4.69) is 9.88 Å². The van der Waals surface area contributed by atoms with Crippen LogP contribution in [-0.2, 0) is 11.4 Å². The molecule has 6 heteroatoms. The van der Waals surface area contributed by atoms with E-state index in [1.807, 2.05) is 20.8 Å². The standard InChI is InChI=1S/C10H18FN3OS/c1-4-9(13(5-2)6-3)10-12-7-8-14(10)16(11)15/h7-9H,4-6H2,1-3H3. The van der Waals surface area contributed by atoms with Crippen LogP contribution in [0.5, 0.6) is 0 Å². The predicted octanol–water partition coefficient (Wildman–Crippen LogP) is 2.07. The third kappa shape index (κ3) is 2.68. The average molecular weight is 247 g/mol. The molecular formula is C10H18FN3OS. The SMILES string of the molecule is CCC(c1nccn1S(=O)F)N(CC)CC. The molecule has 0 aliphatic heterocycles. The van der Waals surface area contributed by atoms with E-state index in [0.29, 0.717) is 5.82 Å². The Labute approximate surface area is 98.4 Å².